The molecule has 0 saturated carbocycles. The summed E-state index contributed by atoms with van der Waals surface area (Å²) in [6.07, 6.45) is 1.76. The Balaban J connectivity index is 1.45. The molecule has 7 heteroatoms. The second-order valence-electron chi connectivity index (χ2n) is 6.87. The van der Waals surface area contributed by atoms with E-state index in [4.69, 9.17) is 9.72 Å². The first-order valence-electron chi connectivity index (χ1n) is 9.94. The summed E-state index contributed by atoms with van der Waals surface area (Å²) < 4.78 is 5.25. The second kappa shape index (κ2) is 8.77. The molecular weight excluding hydrogens is 364 g/mol. The van der Waals surface area contributed by atoms with E-state index in [1.165, 1.54) is 5.69 Å². The quantitative estimate of drug-likeness (QED) is 0.640. The molecule has 0 amide bonds. The van der Waals surface area contributed by atoms with Crippen molar-refractivity contribution in [2.24, 2.45) is 0 Å². The number of aromatic nitrogens is 3. The molecule has 0 unspecified atom stereocenters. The van der Waals surface area contributed by atoms with E-state index in [1.807, 2.05) is 30.3 Å². The summed E-state index contributed by atoms with van der Waals surface area (Å²) in [6, 6.07) is 18.4. The van der Waals surface area contributed by atoms with E-state index in [0.717, 1.165) is 50.0 Å². The first-order chi connectivity index (χ1) is 14.3. The fourth-order valence-corrected chi connectivity index (χ4v) is 3.59. The highest BCUT2D eigenvalue weighted by Crippen LogP contribution is 2.24. The molecule has 0 bridgehead atoms. The Morgan fingerprint density at radius 3 is 2.28 bits per heavy atom. The topological polar surface area (TPSA) is 57.6 Å². The lowest BCUT2D eigenvalue weighted by molar-refractivity contribution is 0.415. The molecule has 4 rings (SSSR count). The molecular formula is C22H26N6O. The number of hydrogen-bond acceptors (Lipinski definition) is 7. The Hall–Kier alpha value is -3.35. The summed E-state index contributed by atoms with van der Waals surface area (Å²) in [6.45, 7) is 6.52. The zero-order valence-corrected chi connectivity index (χ0v) is 16.9. The predicted molar refractivity (Wildman–Crippen MR) is 116 cm³/mol. The van der Waals surface area contributed by atoms with E-state index in [-0.39, 0.29) is 0 Å². The van der Waals surface area contributed by atoms with Crippen LogP contribution >= 0.6 is 0 Å². The maximum atomic E-state index is 5.25. The average Bonchev–Trinajstić information content (AvgIpc) is 2.81. The number of rotatable bonds is 6. The molecule has 2 aromatic carbocycles. The number of ether oxygens (including phenoxy) is 1. The summed E-state index contributed by atoms with van der Waals surface area (Å²) in [4.78, 5) is 11.5. The van der Waals surface area contributed by atoms with E-state index >= 15 is 0 Å². The van der Waals surface area contributed by atoms with Gasteiger partial charge < -0.3 is 19.4 Å². The molecule has 0 atom stereocenters. The molecule has 0 radical (unpaired) electrons. The van der Waals surface area contributed by atoms with Gasteiger partial charge in [-0.2, -0.15) is 10.1 Å². The van der Waals surface area contributed by atoms with Crippen molar-refractivity contribution in [3.05, 3.63) is 60.8 Å². The van der Waals surface area contributed by atoms with Crippen LogP contribution in [0.4, 0.5) is 23.1 Å². The number of methoxy groups -OCH3 is 1. The van der Waals surface area contributed by atoms with Crippen molar-refractivity contribution in [1.29, 1.82) is 0 Å². The first-order valence-corrected chi connectivity index (χ1v) is 9.94. The summed E-state index contributed by atoms with van der Waals surface area (Å²) >= 11 is 0. The summed E-state index contributed by atoms with van der Waals surface area (Å²) in [5.41, 5.74) is 2.28. The smallest absolute Gasteiger partial charge is 0.251 e. The van der Waals surface area contributed by atoms with Gasteiger partial charge in [-0.1, -0.05) is 18.2 Å². The number of benzene rings is 2. The highest BCUT2D eigenvalue weighted by atomic mass is 16.5. The Morgan fingerprint density at radius 2 is 1.62 bits per heavy atom. The highest BCUT2D eigenvalue weighted by Gasteiger charge is 2.20. The number of piperazine rings is 1. The largest absolute Gasteiger partial charge is 0.497 e. The van der Waals surface area contributed by atoms with Crippen LogP contribution < -0.4 is 19.4 Å². The van der Waals surface area contributed by atoms with Crippen LogP contribution in [0.5, 0.6) is 5.75 Å². The van der Waals surface area contributed by atoms with Crippen molar-refractivity contribution in [2.45, 2.75) is 6.92 Å². The van der Waals surface area contributed by atoms with Crippen LogP contribution in [0.2, 0.25) is 0 Å². The van der Waals surface area contributed by atoms with E-state index in [0.29, 0.717) is 5.95 Å². The molecule has 1 aliphatic heterocycles. The van der Waals surface area contributed by atoms with E-state index < -0.39 is 0 Å². The first kappa shape index (κ1) is 19.0. The van der Waals surface area contributed by atoms with E-state index in [9.17, 15) is 0 Å². The van der Waals surface area contributed by atoms with E-state index in [2.05, 4.69) is 56.1 Å². The summed E-state index contributed by atoms with van der Waals surface area (Å²) in [5, 5.41) is 8.50. The number of hydrogen-bond donors (Lipinski definition) is 0. The zero-order valence-electron chi connectivity index (χ0n) is 16.9. The molecule has 3 aromatic rings. The Bertz CT molecular complexity index is 910. The normalized spacial score (nSPS) is 14.0. The second-order valence-corrected chi connectivity index (χ2v) is 6.87. The molecule has 1 aliphatic rings. The van der Waals surface area contributed by atoms with Gasteiger partial charge in [-0.25, -0.2) is 0 Å². The SMILES string of the molecule is CCN(c1ccccc1)c1nncc(N2CCN(c3ccc(OC)cc3)CC2)n1. The fraction of sp³-hybridized carbons (Fsp3) is 0.318. The van der Waals surface area contributed by atoms with Crippen molar-refractivity contribution < 1.29 is 4.74 Å². The molecule has 1 fully saturated rings. The van der Waals surface area contributed by atoms with Gasteiger partial charge in [-0.3, -0.25) is 0 Å². The molecule has 2 heterocycles. The lowest BCUT2D eigenvalue weighted by Crippen LogP contribution is -2.47. The minimum absolute atomic E-state index is 0.633. The Morgan fingerprint density at radius 1 is 0.931 bits per heavy atom. The molecule has 1 saturated heterocycles. The molecule has 1 aromatic heterocycles. The molecule has 0 aliphatic carbocycles. The third-order valence-electron chi connectivity index (χ3n) is 5.20. The van der Waals surface area contributed by atoms with Crippen molar-refractivity contribution in [1.82, 2.24) is 15.2 Å². The van der Waals surface area contributed by atoms with Crippen molar-refractivity contribution in [2.75, 3.05) is 54.5 Å². The standard InChI is InChI=1S/C22H26N6O/c1-3-28(19-7-5-4-6-8-19)22-24-21(17-23-25-22)27-15-13-26(14-16-27)18-9-11-20(29-2)12-10-18/h4-12,17H,3,13-16H2,1-2H3. The van der Waals surface area contributed by atoms with Gasteiger partial charge in [0.05, 0.1) is 13.3 Å². The number of para-hydroxylation sites is 1. The van der Waals surface area contributed by atoms with Crippen molar-refractivity contribution in [3.8, 4) is 5.75 Å². The Labute approximate surface area is 171 Å². The third-order valence-corrected chi connectivity index (χ3v) is 5.20. The lowest BCUT2D eigenvalue weighted by Gasteiger charge is -2.36. The van der Waals surface area contributed by atoms with Crippen molar-refractivity contribution in [3.63, 3.8) is 0 Å². The van der Waals surface area contributed by atoms with Gasteiger partial charge in [0.2, 0.25) is 0 Å². The molecule has 150 valence electrons. The fourth-order valence-electron chi connectivity index (χ4n) is 3.59. The molecule has 0 spiro atoms. The summed E-state index contributed by atoms with van der Waals surface area (Å²) in [7, 11) is 1.69. The maximum Gasteiger partial charge on any atom is 0.251 e. The zero-order chi connectivity index (χ0) is 20.1. The maximum absolute atomic E-state index is 5.25. The van der Waals surface area contributed by atoms with Gasteiger partial charge in [-0.15, -0.1) is 5.10 Å². The van der Waals surface area contributed by atoms with Crippen LogP contribution in [0.25, 0.3) is 0 Å². The lowest BCUT2D eigenvalue weighted by atomic mass is 10.2. The minimum atomic E-state index is 0.633. The monoisotopic (exact) mass is 390 g/mol. The average molecular weight is 390 g/mol. The van der Waals surface area contributed by atoms with Gasteiger partial charge in [0.1, 0.15) is 5.75 Å². The van der Waals surface area contributed by atoms with Gasteiger partial charge >= 0.3 is 0 Å². The van der Waals surface area contributed by atoms with Crippen LogP contribution in [-0.2, 0) is 0 Å². The molecule has 29 heavy (non-hydrogen) atoms. The number of anilines is 4. The van der Waals surface area contributed by atoms with Crippen molar-refractivity contribution >= 4 is 23.1 Å². The van der Waals surface area contributed by atoms with E-state index in [1.54, 1.807) is 13.3 Å². The third kappa shape index (κ3) is 4.23. The van der Waals surface area contributed by atoms with Crippen LogP contribution in [0.1, 0.15) is 6.92 Å². The van der Waals surface area contributed by atoms with Gasteiger partial charge in [0.25, 0.3) is 5.95 Å². The van der Waals surface area contributed by atoms with Crippen LogP contribution in [-0.4, -0.2) is 55.0 Å². The summed E-state index contributed by atoms with van der Waals surface area (Å²) in [5.74, 6) is 2.39. The molecule has 0 N–H and O–H groups in total. The predicted octanol–water partition coefficient (Wildman–Crippen LogP) is 3.36. The van der Waals surface area contributed by atoms with Gasteiger partial charge in [0, 0.05) is 44.1 Å². The minimum Gasteiger partial charge on any atom is -0.497 e. The van der Waals surface area contributed by atoms with Gasteiger partial charge in [-0.05, 0) is 43.3 Å². The molecule has 7 nitrogen and oxygen atoms in total. The van der Waals surface area contributed by atoms with Crippen LogP contribution in [0, 0.1) is 0 Å². The highest BCUT2D eigenvalue weighted by molar-refractivity contribution is 5.58. The van der Waals surface area contributed by atoms with Gasteiger partial charge in [0.15, 0.2) is 5.82 Å². The van der Waals surface area contributed by atoms with Crippen LogP contribution in [0.3, 0.4) is 0 Å². The van der Waals surface area contributed by atoms with Crippen LogP contribution in [0.15, 0.2) is 60.8 Å². The Kier molecular flexibility index (Phi) is 5.74. The number of nitrogens with zero attached hydrogens (tertiary/aromatic N) is 6.